The van der Waals surface area contributed by atoms with Crippen LogP contribution in [-0.4, -0.2) is 25.3 Å². The van der Waals surface area contributed by atoms with Crippen molar-refractivity contribution < 1.29 is 13.9 Å². The molecule has 1 atom stereocenters. The lowest BCUT2D eigenvalue weighted by molar-refractivity contribution is 0.174. The van der Waals surface area contributed by atoms with E-state index in [-0.39, 0.29) is 24.3 Å². The third kappa shape index (κ3) is 3.12. The highest BCUT2D eigenvalue weighted by atomic mass is 35.5. The van der Waals surface area contributed by atoms with Crippen molar-refractivity contribution in [1.82, 2.24) is 4.90 Å². The van der Waals surface area contributed by atoms with E-state index in [1.807, 2.05) is 6.08 Å². The Bertz CT molecular complexity index is 761. The molecule has 0 saturated heterocycles. The largest absolute Gasteiger partial charge is 0.454 e. The second-order valence-corrected chi connectivity index (χ2v) is 5.99. The van der Waals surface area contributed by atoms with E-state index < -0.39 is 0 Å². The predicted molar refractivity (Wildman–Crippen MR) is 94.3 cm³/mol. The van der Waals surface area contributed by atoms with Crippen molar-refractivity contribution in [3.8, 4) is 11.5 Å². The lowest BCUT2D eigenvalue weighted by Crippen LogP contribution is -2.30. The fourth-order valence-electron chi connectivity index (χ4n) is 3.19. The molecule has 2 heterocycles. The van der Waals surface area contributed by atoms with Crippen LogP contribution in [0, 0.1) is 5.82 Å². The molecule has 0 saturated carbocycles. The quantitative estimate of drug-likeness (QED) is 0.812. The van der Waals surface area contributed by atoms with Crippen LogP contribution in [0.4, 0.5) is 4.39 Å². The minimum atomic E-state index is -0.213. The molecule has 4 rings (SSSR count). The zero-order valence-electron chi connectivity index (χ0n) is 13.4. The molecule has 126 valence electrons. The topological polar surface area (TPSA) is 21.7 Å². The van der Waals surface area contributed by atoms with Gasteiger partial charge < -0.3 is 9.47 Å². The molecule has 5 heteroatoms. The Kier molecular flexibility index (Phi) is 4.78. The zero-order chi connectivity index (χ0) is 15.8. The van der Waals surface area contributed by atoms with Gasteiger partial charge in [0.1, 0.15) is 5.82 Å². The Morgan fingerprint density at radius 1 is 1.12 bits per heavy atom. The number of benzene rings is 2. The summed E-state index contributed by atoms with van der Waals surface area (Å²) in [6.45, 7) is 1.29. The third-order valence-corrected chi connectivity index (χ3v) is 4.50. The van der Waals surface area contributed by atoms with Crippen molar-refractivity contribution in [2.24, 2.45) is 0 Å². The molecule has 24 heavy (non-hydrogen) atoms. The van der Waals surface area contributed by atoms with Crippen molar-refractivity contribution in [2.75, 3.05) is 20.4 Å². The van der Waals surface area contributed by atoms with E-state index in [9.17, 15) is 4.39 Å². The first kappa shape index (κ1) is 16.8. The molecular formula is C19H19ClFNO2. The smallest absolute Gasteiger partial charge is 0.231 e. The zero-order valence-corrected chi connectivity index (χ0v) is 14.2. The molecule has 0 amide bonds. The number of rotatable bonds is 2. The molecule has 2 aromatic carbocycles. The van der Waals surface area contributed by atoms with Gasteiger partial charge in [0.15, 0.2) is 11.5 Å². The van der Waals surface area contributed by atoms with Gasteiger partial charge in [0, 0.05) is 6.54 Å². The van der Waals surface area contributed by atoms with E-state index in [1.54, 1.807) is 12.1 Å². The maximum Gasteiger partial charge on any atom is 0.231 e. The fourth-order valence-corrected chi connectivity index (χ4v) is 3.19. The molecule has 2 aliphatic rings. The van der Waals surface area contributed by atoms with Crippen LogP contribution in [0.15, 0.2) is 42.5 Å². The van der Waals surface area contributed by atoms with Gasteiger partial charge in [-0.15, -0.1) is 12.4 Å². The summed E-state index contributed by atoms with van der Waals surface area (Å²) in [6.07, 6.45) is 5.21. The first-order valence-electron chi connectivity index (χ1n) is 7.77. The van der Waals surface area contributed by atoms with E-state index in [2.05, 4.69) is 30.2 Å². The summed E-state index contributed by atoms with van der Waals surface area (Å²) >= 11 is 0. The van der Waals surface area contributed by atoms with Gasteiger partial charge in [0.2, 0.25) is 6.79 Å². The minimum Gasteiger partial charge on any atom is -0.454 e. The number of hydrogen-bond donors (Lipinski definition) is 0. The maximum atomic E-state index is 13.0. The van der Waals surface area contributed by atoms with Crippen LogP contribution >= 0.6 is 12.4 Å². The number of halogens is 2. The number of hydrogen-bond acceptors (Lipinski definition) is 3. The normalized spacial score (nSPS) is 19.2. The summed E-state index contributed by atoms with van der Waals surface area (Å²) in [7, 11) is 2.12. The van der Waals surface area contributed by atoms with E-state index in [4.69, 9.17) is 9.47 Å². The van der Waals surface area contributed by atoms with Crippen LogP contribution in [0.25, 0.3) is 6.08 Å². The summed E-state index contributed by atoms with van der Waals surface area (Å²) in [6, 6.07) is 10.9. The van der Waals surface area contributed by atoms with Gasteiger partial charge in [-0.1, -0.05) is 24.3 Å². The van der Waals surface area contributed by atoms with Gasteiger partial charge >= 0.3 is 0 Å². The van der Waals surface area contributed by atoms with Gasteiger partial charge in [-0.05, 0) is 54.4 Å². The van der Waals surface area contributed by atoms with Gasteiger partial charge in [0.05, 0.1) is 6.04 Å². The van der Waals surface area contributed by atoms with Crippen molar-refractivity contribution >= 4 is 18.5 Å². The first-order valence-corrected chi connectivity index (χ1v) is 7.77. The van der Waals surface area contributed by atoms with Gasteiger partial charge in [-0.2, -0.15) is 0 Å². The minimum absolute atomic E-state index is 0. The van der Waals surface area contributed by atoms with Crippen molar-refractivity contribution in [2.45, 2.75) is 12.5 Å². The Morgan fingerprint density at radius 3 is 2.58 bits per heavy atom. The van der Waals surface area contributed by atoms with E-state index in [0.717, 1.165) is 30.0 Å². The Morgan fingerprint density at radius 2 is 1.83 bits per heavy atom. The van der Waals surface area contributed by atoms with E-state index in [0.29, 0.717) is 6.79 Å². The third-order valence-electron chi connectivity index (χ3n) is 4.50. The number of ether oxygens (including phenoxy) is 2. The van der Waals surface area contributed by atoms with Crippen molar-refractivity contribution in [3.63, 3.8) is 0 Å². The second-order valence-electron chi connectivity index (χ2n) is 5.99. The molecule has 0 radical (unpaired) electrons. The second kappa shape index (κ2) is 6.83. The highest BCUT2D eigenvalue weighted by Crippen LogP contribution is 2.40. The number of nitrogens with zero attached hydrogens (tertiary/aromatic N) is 1. The first-order chi connectivity index (χ1) is 11.2. The summed E-state index contributed by atoms with van der Waals surface area (Å²) in [5, 5.41) is 0. The molecule has 3 nitrogen and oxygen atoms in total. The van der Waals surface area contributed by atoms with E-state index in [1.165, 1.54) is 23.3 Å². The average molecular weight is 348 g/mol. The van der Waals surface area contributed by atoms with Crippen LogP contribution in [0.1, 0.15) is 22.7 Å². The van der Waals surface area contributed by atoms with Crippen molar-refractivity contribution in [1.29, 1.82) is 0 Å². The van der Waals surface area contributed by atoms with Crippen LogP contribution in [0.3, 0.4) is 0 Å². The fraction of sp³-hybridized carbons (Fsp3) is 0.263. The molecule has 0 fully saturated rings. The highest BCUT2D eigenvalue weighted by Gasteiger charge is 2.26. The molecular weight excluding hydrogens is 329 g/mol. The van der Waals surface area contributed by atoms with Crippen LogP contribution < -0.4 is 9.47 Å². The lowest BCUT2D eigenvalue weighted by atomic mass is 9.91. The molecule has 2 aromatic rings. The van der Waals surface area contributed by atoms with Gasteiger partial charge in [-0.25, -0.2) is 4.39 Å². The monoisotopic (exact) mass is 347 g/mol. The molecule has 0 aromatic heterocycles. The molecule has 0 bridgehead atoms. The molecule has 0 spiro atoms. The molecule has 0 N–H and O–H groups in total. The predicted octanol–water partition coefficient (Wildman–Crippen LogP) is 4.22. The van der Waals surface area contributed by atoms with Gasteiger partial charge in [0.25, 0.3) is 0 Å². The lowest BCUT2D eigenvalue weighted by Gasteiger charge is -2.33. The average Bonchev–Trinajstić information content (AvgIpc) is 3.01. The van der Waals surface area contributed by atoms with Crippen LogP contribution in [-0.2, 0) is 6.42 Å². The molecule has 2 aliphatic heterocycles. The standard InChI is InChI=1S/C19H18FNO2.ClH/c1-21-9-8-14-10-18-19(23-12-22-18)11-16(14)17(21)7-4-13-2-5-15(20)6-3-13;/h2-7,10-11,17H,8-9,12H2,1H3;1H. The van der Waals surface area contributed by atoms with Crippen molar-refractivity contribution in [3.05, 3.63) is 65.0 Å². The SMILES string of the molecule is CN1CCc2cc3c(cc2C1C=Cc1ccc(F)cc1)OCO3.Cl. The summed E-state index contributed by atoms with van der Waals surface area (Å²) in [4.78, 5) is 2.31. The number of fused-ring (bicyclic) bond motifs is 2. The molecule has 0 aliphatic carbocycles. The van der Waals surface area contributed by atoms with Crippen LogP contribution in [0.5, 0.6) is 11.5 Å². The summed E-state index contributed by atoms with van der Waals surface area (Å²) < 4.78 is 24.0. The molecule has 1 unspecified atom stereocenters. The highest BCUT2D eigenvalue weighted by molar-refractivity contribution is 5.85. The Labute approximate surface area is 147 Å². The van der Waals surface area contributed by atoms with E-state index >= 15 is 0 Å². The Hall–Kier alpha value is -2.04. The maximum absolute atomic E-state index is 13.0. The Balaban J connectivity index is 0.00000169. The van der Waals surface area contributed by atoms with Crippen LogP contribution in [0.2, 0.25) is 0 Å². The summed E-state index contributed by atoms with van der Waals surface area (Å²) in [5.41, 5.74) is 3.55. The summed E-state index contributed by atoms with van der Waals surface area (Å²) in [5.74, 6) is 1.45. The van der Waals surface area contributed by atoms with Gasteiger partial charge in [-0.3, -0.25) is 4.90 Å². The number of likely N-dealkylation sites (N-methyl/N-ethyl adjacent to an activating group) is 1.